The van der Waals surface area contributed by atoms with E-state index in [0.717, 1.165) is 36.2 Å². The van der Waals surface area contributed by atoms with E-state index in [1.165, 1.54) is 0 Å². The van der Waals surface area contributed by atoms with Crippen LogP contribution in [-0.4, -0.2) is 33.9 Å². The molecule has 2 aromatic heterocycles. The lowest BCUT2D eigenvalue weighted by Gasteiger charge is -2.61. The highest BCUT2D eigenvalue weighted by Gasteiger charge is 2.76. The molecule has 6 nitrogen and oxygen atoms in total. The molecule has 0 radical (unpaired) electrons. The summed E-state index contributed by atoms with van der Waals surface area (Å²) >= 11 is 0. The van der Waals surface area contributed by atoms with Gasteiger partial charge < -0.3 is 18.7 Å². The number of imidazole rings is 1. The fourth-order valence-corrected chi connectivity index (χ4v) is 5.08. The number of hydrogen-bond acceptors (Lipinski definition) is 4. The fraction of sp³-hybridized carbons (Fsp3) is 0.400. The molecule has 0 saturated heterocycles. The van der Waals surface area contributed by atoms with E-state index in [9.17, 15) is 4.79 Å². The third kappa shape index (κ3) is 3.07. The van der Waals surface area contributed by atoms with Gasteiger partial charge in [-0.05, 0) is 26.0 Å². The van der Waals surface area contributed by atoms with E-state index in [0.29, 0.717) is 17.1 Å². The first kappa shape index (κ1) is 19.6. The molecular formula is C25H25N3O3. The zero-order valence-corrected chi connectivity index (χ0v) is 18.0. The molecule has 0 aliphatic heterocycles. The Morgan fingerprint density at radius 2 is 1.97 bits per heavy atom. The van der Waals surface area contributed by atoms with Gasteiger partial charge in [-0.15, -0.1) is 0 Å². The van der Waals surface area contributed by atoms with Crippen LogP contribution in [0.5, 0.6) is 11.5 Å². The van der Waals surface area contributed by atoms with E-state index in [1.807, 2.05) is 42.6 Å². The molecule has 0 atom stereocenters. The van der Waals surface area contributed by atoms with E-state index >= 15 is 0 Å². The average Bonchev–Trinajstić information content (AvgIpc) is 3.08. The van der Waals surface area contributed by atoms with E-state index in [4.69, 9.17) is 21.0 Å². The maximum absolute atomic E-state index is 13.1. The number of ketones is 1. The van der Waals surface area contributed by atoms with E-state index in [1.54, 1.807) is 19.2 Å². The van der Waals surface area contributed by atoms with Crippen LogP contribution in [-0.2, 0) is 11.8 Å². The van der Waals surface area contributed by atoms with Gasteiger partial charge in [-0.1, -0.05) is 12.1 Å². The minimum absolute atomic E-state index is 0.0202. The predicted octanol–water partition coefficient (Wildman–Crippen LogP) is 4.65. The number of carbonyl (C=O) groups is 1. The smallest absolute Gasteiger partial charge is 0.235 e. The molecule has 158 valence electrons. The van der Waals surface area contributed by atoms with Crippen molar-refractivity contribution in [3.63, 3.8) is 0 Å². The van der Waals surface area contributed by atoms with Gasteiger partial charge in [-0.3, -0.25) is 4.79 Å². The van der Waals surface area contributed by atoms with Gasteiger partial charge in [0, 0.05) is 55.1 Å². The Hall–Kier alpha value is -3.33. The molecule has 3 aliphatic carbocycles. The fourth-order valence-electron chi connectivity index (χ4n) is 5.08. The van der Waals surface area contributed by atoms with Crippen molar-refractivity contribution in [2.75, 3.05) is 7.11 Å². The number of Topliss-reactive ketones (excluding diaryl/α,β-unsaturated/α-hetero) is 1. The number of para-hydroxylation sites is 1. The summed E-state index contributed by atoms with van der Waals surface area (Å²) in [5, 5.41) is 0. The van der Waals surface area contributed by atoms with Crippen LogP contribution in [0.25, 0.3) is 10.5 Å². The Bertz CT molecular complexity index is 1210. The van der Waals surface area contributed by atoms with Crippen molar-refractivity contribution >= 4 is 11.4 Å². The zero-order chi connectivity index (χ0) is 21.8. The lowest BCUT2D eigenvalue weighted by molar-refractivity contribution is -0.0316. The standard InChI is InChI=1S/C25H25N3O3/c1-16(2)31-21-10-23-27-22(24-13-25(14-24,15-24)26-3)12-28(23)11-17(21)9-19(29)18-7-5-6-8-20(18)30-4/h5-8,10-12,16H,9,13-15H2,1-2,4H3. The zero-order valence-electron chi connectivity index (χ0n) is 18.0. The molecule has 2 bridgehead atoms. The van der Waals surface area contributed by atoms with Crippen molar-refractivity contribution < 1.29 is 14.3 Å². The van der Waals surface area contributed by atoms with Gasteiger partial charge in [0.15, 0.2) is 5.78 Å². The second-order valence-corrected chi connectivity index (χ2v) is 9.17. The van der Waals surface area contributed by atoms with Gasteiger partial charge in [-0.25, -0.2) is 11.6 Å². The van der Waals surface area contributed by atoms with Crippen molar-refractivity contribution in [2.45, 2.75) is 56.6 Å². The monoisotopic (exact) mass is 415 g/mol. The van der Waals surface area contributed by atoms with Gasteiger partial charge in [0.2, 0.25) is 5.54 Å². The Balaban J connectivity index is 1.49. The van der Waals surface area contributed by atoms with Crippen LogP contribution < -0.4 is 9.47 Å². The molecular weight excluding hydrogens is 390 g/mol. The average molecular weight is 415 g/mol. The Morgan fingerprint density at radius 3 is 2.65 bits per heavy atom. The Morgan fingerprint density at radius 1 is 1.23 bits per heavy atom. The minimum atomic E-state index is -0.131. The quantitative estimate of drug-likeness (QED) is 0.416. The summed E-state index contributed by atoms with van der Waals surface area (Å²) in [6.45, 7) is 11.3. The number of pyridine rings is 1. The van der Waals surface area contributed by atoms with Crippen LogP contribution in [0.1, 0.15) is 54.7 Å². The number of fused-ring (bicyclic) bond motifs is 1. The number of hydrogen-bond donors (Lipinski definition) is 0. The number of benzene rings is 1. The number of methoxy groups -OCH3 is 1. The largest absolute Gasteiger partial charge is 0.496 e. The molecule has 1 aromatic carbocycles. The third-order valence-electron chi connectivity index (χ3n) is 6.54. The first-order valence-electron chi connectivity index (χ1n) is 10.6. The number of rotatable bonds is 7. The van der Waals surface area contributed by atoms with Crippen molar-refractivity contribution in [3.05, 3.63) is 71.0 Å². The van der Waals surface area contributed by atoms with Crippen LogP contribution in [0.2, 0.25) is 0 Å². The van der Waals surface area contributed by atoms with Crippen molar-refractivity contribution in [2.24, 2.45) is 0 Å². The molecule has 0 unspecified atom stereocenters. The normalized spacial score (nSPS) is 23.7. The lowest BCUT2D eigenvalue weighted by Crippen LogP contribution is -2.67. The van der Waals surface area contributed by atoms with Crippen molar-refractivity contribution in [1.29, 1.82) is 0 Å². The summed E-state index contributed by atoms with van der Waals surface area (Å²) in [5.74, 6) is 1.23. The summed E-state index contributed by atoms with van der Waals surface area (Å²) in [6, 6.07) is 9.19. The van der Waals surface area contributed by atoms with Crippen molar-refractivity contribution in [1.82, 2.24) is 9.38 Å². The van der Waals surface area contributed by atoms with Crippen LogP contribution in [0.4, 0.5) is 0 Å². The van der Waals surface area contributed by atoms with Crippen LogP contribution in [0, 0.1) is 6.57 Å². The maximum Gasteiger partial charge on any atom is 0.235 e. The number of carbonyl (C=O) groups excluding carboxylic acids is 1. The SMILES string of the molecule is [C-]#[N+]C12CC(c3cn4cc(CC(=O)c5ccccc5OC)c(OC(C)C)cc4n3)(C1)C2. The molecule has 2 heterocycles. The molecule has 6 heteroatoms. The second kappa shape index (κ2) is 6.84. The van der Waals surface area contributed by atoms with Crippen LogP contribution >= 0.6 is 0 Å². The number of ether oxygens (including phenoxy) is 2. The highest BCUT2D eigenvalue weighted by molar-refractivity contribution is 6.00. The molecule has 31 heavy (non-hydrogen) atoms. The highest BCUT2D eigenvalue weighted by atomic mass is 16.5. The third-order valence-corrected chi connectivity index (χ3v) is 6.54. The summed E-state index contributed by atoms with van der Waals surface area (Å²) in [4.78, 5) is 21.7. The van der Waals surface area contributed by atoms with Gasteiger partial charge in [0.05, 0.1) is 24.5 Å². The van der Waals surface area contributed by atoms with E-state index in [-0.39, 0.29) is 29.3 Å². The van der Waals surface area contributed by atoms with Gasteiger partial charge in [0.1, 0.15) is 17.1 Å². The second-order valence-electron chi connectivity index (χ2n) is 9.17. The molecule has 6 rings (SSSR count). The van der Waals surface area contributed by atoms with E-state index < -0.39 is 0 Å². The Labute approximate surface area is 181 Å². The number of nitrogens with zero attached hydrogens (tertiary/aromatic N) is 3. The van der Waals surface area contributed by atoms with Crippen LogP contribution in [0.3, 0.4) is 0 Å². The predicted molar refractivity (Wildman–Crippen MR) is 117 cm³/mol. The first-order valence-corrected chi connectivity index (χ1v) is 10.6. The summed E-state index contributed by atoms with van der Waals surface area (Å²) in [7, 11) is 1.57. The molecule has 0 N–H and O–H groups in total. The topological polar surface area (TPSA) is 57.2 Å². The van der Waals surface area contributed by atoms with Gasteiger partial charge in [-0.2, -0.15) is 0 Å². The Kier molecular flexibility index (Phi) is 4.33. The summed E-state index contributed by atoms with van der Waals surface area (Å²) < 4.78 is 13.4. The molecule has 3 aromatic rings. The van der Waals surface area contributed by atoms with Gasteiger partial charge in [0.25, 0.3) is 0 Å². The summed E-state index contributed by atoms with van der Waals surface area (Å²) in [6.07, 6.45) is 6.91. The molecule has 0 spiro atoms. The lowest BCUT2D eigenvalue weighted by atomic mass is 9.39. The molecule has 0 amide bonds. The van der Waals surface area contributed by atoms with Crippen LogP contribution in [0.15, 0.2) is 42.7 Å². The first-order chi connectivity index (χ1) is 14.9. The minimum Gasteiger partial charge on any atom is -0.496 e. The molecule has 3 aliphatic rings. The van der Waals surface area contributed by atoms with Gasteiger partial charge >= 0.3 is 0 Å². The van der Waals surface area contributed by atoms with E-state index in [2.05, 4.69) is 11.0 Å². The number of aromatic nitrogens is 2. The maximum atomic E-state index is 13.1. The molecule has 3 fully saturated rings. The summed E-state index contributed by atoms with van der Waals surface area (Å²) in [5.41, 5.74) is 3.15. The highest BCUT2D eigenvalue weighted by Crippen LogP contribution is 2.69. The molecule has 3 saturated carbocycles. The van der Waals surface area contributed by atoms with Crippen molar-refractivity contribution in [3.8, 4) is 11.5 Å².